The fraction of sp³-hybridized carbons (Fsp3) is 0.0488. The summed E-state index contributed by atoms with van der Waals surface area (Å²) in [6, 6.07) is 45.2. The van der Waals surface area contributed by atoms with Crippen LogP contribution >= 0.6 is 0 Å². The molecule has 0 bridgehead atoms. The zero-order valence-electron chi connectivity index (χ0n) is 24.3. The van der Waals surface area contributed by atoms with E-state index in [1.807, 2.05) is 12.1 Å². The van der Waals surface area contributed by atoms with Crippen LogP contribution in [0.1, 0.15) is 11.5 Å². The predicted octanol–water partition coefficient (Wildman–Crippen LogP) is 10.5. The largest absolute Gasteiger partial charge is 0.455 e. The van der Waals surface area contributed by atoms with Gasteiger partial charge in [0.05, 0.1) is 28.5 Å². The van der Waals surface area contributed by atoms with Crippen LogP contribution in [-0.2, 0) is 0 Å². The molecular weight excluding hydrogens is 550 g/mol. The summed E-state index contributed by atoms with van der Waals surface area (Å²) in [6.45, 7) is 0. The summed E-state index contributed by atoms with van der Waals surface area (Å²) in [6.07, 6.45) is 9.00. The maximum Gasteiger partial charge on any atom is 0.144 e. The van der Waals surface area contributed by atoms with E-state index in [0.717, 1.165) is 44.7 Å². The van der Waals surface area contributed by atoms with Gasteiger partial charge in [-0.05, 0) is 48.0 Å². The molecule has 4 heterocycles. The Bertz CT molecular complexity index is 2520. The highest BCUT2D eigenvalue weighted by Crippen LogP contribution is 2.52. The number of hydrogen-bond acceptors (Lipinski definition) is 3. The Kier molecular flexibility index (Phi) is 5.08. The van der Waals surface area contributed by atoms with Crippen LogP contribution < -0.4 is 4.90 Å². The summed E-state index contributed by atoms with van der Waals surface area (Å²) in [5.41, 5.74) is 9.75. The molecule has 2 aliphatic rings. The Labute approximate surface area is 259 Å². The average molecular weight is 578 g/mol. The van der Waals surface area contributed by atoms with Crippen LogP contribution in [0.3, 0.4) is 0 Å². The number of para-hydroxylation sites is 4. The lowest BCUT2D eigenvalue weighted by Crippen LogP contribution is -2.29. The molecule has 0 amide bonds. The van der Waals surface area contributed by atoms with Gasteiger partial charge in [-0.25, -0.2) is 4.98 Å². The number of fused-ring (bicyclic) bond motifs is 10. The van der Waals surface area contributed by atoms with Gasteiger partial charge in [-0.1, -0.05) is 109 Å². The van der Waals surface area contributed by atoms with E-state index in [9.17, 15) is 0 Å². The molecule has 4 heteroatoms. The summed E-state index contributed by atoms with van der Waals surface area (Å²) >= 11 is 0. The quantitative estimate of drug-likeness (QED) is 0.209. The third-order valence-electron chi connectivity index (χ3n) is 9.52. The van der Waals surface area contributed by atoms with E-state index in [1.54, 1.807) is 0 Å². The van der Waals surface area contributed by atoms with E-state index < -0.39 is 0 Å². The van der Waals surface area contributed by atoms with Crippen LogP contribution in [0, 0.1) is 0 Å². The molecule has 8 aromatic rings. The number of pyridine rings is 1. The number of allylic oxidation sites excluding steroid dienone is 2. The lowest BCUT2D eigenvalue weighted by molar-refractivity contribution is 0.670. The van der Waals surface area contributed by atoms with Gasteiger partial charge < -0.3 is 13.9 Å². The van der Waals surface area contributed by atoms with Crippen LogP contribution in [0.2, 0.25) is 0 Å². The van der Waals surface area contributed by atoms with Gasteiger partial charge in [0.1, 0.15) is 17.0 Å². The highest BCUT2D eigenvalue weighted by atomic mass is 16.3. The van der Waals surface area contributed by atoms with Crippen molar-refractivity contribution < 1.29 is 4.42 Å². The molecule has 2 atom stereocenters. The van der Waals surface area contributed by atoms with Crippen molar-refractivity contribution >= 4 is 55.2 Å². The molecule has 0 radical (unpaired) electrons. The normalized spacial score (nSPS) is 17.1. The Hall–Kier alpha value is -5.87. The summed E-state index contributed by atoms with van der Waals surface area (Å²) in [5, 5.41) is 4.72. The standard InChI is InChI=1S/C41H27N3O/c1-2-12-26(13-3-1)43-35-20-7-4-14-27(35)30-24-25-31-28-15-5-8-21-36(28)44(40(31)39(30)43)38-23-11-19-34(42-38)33-18-10-17-32-29-16-6-9-22-37(29)45-41(32)33/h1-25,28,36H. The number of aromatic nitrogens is 2. The van der Waals surface area contributed by atoms with Crippen molar-refractivity contribution in [2.45, 2.75) is 12.0 Å². The third-order valence-corrected chi connectivity index (χ3v) is 9.52. The first-order valence-corrected chi connectivity index (χ1v) is 15.5. The number of rotatable bonds is 3. The highest BCUT2D eigenvalue weighted by molar-refractivity contribution is 6.15. The van der Waals surface area contributed by atoms with Gasteiger partial charge >= 0.3 is 0 Å². The molecule has 2 unspecified atom stereocenters. The first kappa shape index (κ1) is 24.6. The van der Waals surface area contributed by atoms with E-state index in [4.69, 9.17) is 9.40 Å². The monoisotopic (exact) mass is 577 g/mol. The molecule has 1 aliphatic heterocycles. The minimum Gasteiger partial charge on any atom is -0.455 e. The first-order chi connectivity index (χ1) is 22.3. The molecule has 3 aromatic heterocycles. The number of hydrogen-bond donors (Lipinski definition) is 0. The first-order valence-electron chi connectivity index (χ1n) is 15.5. The predicted molar refractivity (Wildman–Crippen MR) is 185 cm³/mol. The van der Waals surface area contributed by atoms with Gasteiger partial charge in [-0.15, -0.1) is 0 Å². The molecule has 45 heavy (non-hydrogen) atoms. The van der Waals surface area contributed by atoms with Crippen molar-refractivity contribution in [2.24, 2.45) is 0 Å². The number of nitrogens with zero attached hydrogens (tertiary/aromatic N) is 3. The maximum atomic E-state index is 6.42. The molecular formula is C41H27N3O. The summed E-state index contributed by atoms with van der Waals surface area (Å²) in [4.78, 5) is 7.86. The van der Waals surface area contributed by atoms with Gasteiger partial charge in [-0.3, -0.25) is 0 Å². The fourth-order valence-electron chi connectivity index (χ4n) is 7.63. The molecule has 1 aliphatic carbocycles. The second kappa shape index (κ2) is 9.31. The minimum atomic E-state index is 0.113. The van der Waals surface area contributed by atoms with Crippen molar-refractivity contribution in [3.63, 3.8) is 0 Å². The molecule has 0 fully saturated rings. The molecule has 212 valence electrons. The number of benzene rings is 5. The molecule has 5 aromatic carbocycles. The second-order valence-corrected chi connectivity index (χ2v) is 11.9. The van der Waals surface area contributed by atoms with Crippen molar-refractivity contribution in [1.29, 1.82) is 0 Å². The smallest absolute Gasteiger partial charge is 0.144 e. The van der Waals surface area contributed by atoms with E-state index in [2.05, 4.69) is 149 Å². The van der Waals surface area contributed by atoms with Crippen molar-refractivity contribution in [2.75, 3.05) is 4.90 Å². The molecule has 0 saturated heterocycles. The molecule has 4 nitrogen and oxygen atoms in total. The molecule has 0 N–H and O–H groups in total. The van der Waals surface area contributed by atoms with Crippen LogP contribution in [0.25, 0.3) is 60.7 Å². The maximum absolute atomic E-state index is 6.42. The second-order valence-electron chi connectivity index (χ2n) is 11.9. The topological polar surface area (TPSA) is 34.2 Å². The van der Waals surface area contributed by atoms with Crippen LogP contribution in [0.15, 0.2) is 156 Å². The fourth-order valence-corrected chi connectivity index (χ4v) is 7.63. The highest BCUT2D eigenvalue weighted by Gasteiger charge is 2.40. The summed E-state index contributed by atoms with van der Waals surface area (Å²) in [5.74, 6) is 1.15. The summed E-state index contributed by atoms with van der Waals surface area (Å²) in [7, 11) is 0. The number of furan rings is 1. The van der Waals surface area contributed by atoms with Gasteiger partial charge in [0.2, 0.25) is 0 Å². The van der Waals surface area contributed by atoms with E-state index in [-0.39, 0.29) is 12.0 Å². The number of anilines is 2. The van der Waals surface area contributed by atoms with E-state index in [0.29, 0.717) is 0 Å². The zero-order chi connectivity index (χ0) is 29.5. The molecule has 0 saturated carbocycles. The van der Waals surface area contributed by atoms with E-state index in [1.165, 1.54) is 33.1 Å². The van der Waals surface area contributed by atoms with Crippen LogP contribution in [-0.4, -0.2) is 15.6 Å². The average Bonchev–Trinajstić information content (AvgIpc) is 3.76. The SMILES string of the molecule is C1=CC2c3ccc4c5ccccc5n(-c5ccccc5)c4c3N(c3cccc(-c4cccc5c4oc4ccccc45)n3)C2C=C1. The van der Waals surface area contributed by atoms with Gasteiger partial charge in [-0.2, -0.15) is 0 Å². The van der Waals surface area contributed by atoms with Gasteiger partial charge in [0, 0.05) is 38.7 Å². The lowest BCUT2D eigenvalue weighted by Gasteiger charge is -2.28. The Balaban J connectivity index is 1.25. The van der Waals surface area contributed by atoms with Crippen LogP contribution in [0.5, 0.6) is 0 Å². The van der Waals surface area contributed by atoms with Crippen molar-refractivity contribution in [3.05, 3.63) is 157 Å². The summed E-state index contributed by atoms with van der Waals surface area (Å²) < 4.78 is 8.86. The van der Waals surface area contributed by atoms with Crippen molar-refractivity contribution in [1.82, 2.24) is 9.55 Å². The third kappa shape index (κ3) is 3.45. The van der Waals surface area contributed by atoms with Crippen molar-refractivity contribution in [3.8, 4) is 16.9 Å². The Morgan fingerprint density at radius 2 is 1.38 bits per heavy atom. The Morgan fingerprint density at radius 1 is 0.600 bits per heavy atom. The zero-order valence-corrected chi connectivity index (χ0v) is 24.3. The van der Waals surface area contributed by atoms with E-state index >= 15 is 0 Å². The lowest BCUT2D eigenvalue weighted by atomic mass is 9.91. The van der Waals surface area contributed by atoms with Crippen LogP contribution in [0.4, 0.5) is 11.5 Å². The molecule has 10 rings (SSSR count). The van der Waals surface area contributed by atoms with Gasteiger partial charge in [0.15, 0.2) is 0 Å². The molecule has 0 spiro atoms. The van der Waals surface area contributed by atoms with Gasteiger partial charge in [0.25, 0.3) is 0 Å². The Morgan fingerprint density at radius 3 is 2.31 bits per heavy atom. The minimum absolute atomic E-state index is 0.113.